The van der Waals surface area contributed by atoms with Crippen LogP contribution >= 0.6 is 0 Å². The smallest absolute Gasteiger partial charge is 0.408 e. The minimum absolute atomic E-state index is 0.221. The summed E-state index contributed by atoms with van der Waals surface area (Å²) in [5.41, 5.74) is 1.85. The molecule has 0 spiro atoms. The molecular formula is C25H39N3O6. The number of nitrogens with zero attached hydrogens (tertiary/aromatic N) is 1. The number of aryl methyl sites for hydroxylation is 2. The summed E-state index contributed by atoms with van der Waals surface area (Å²) in [5, 5.41) is 5.21. The van der Waals surface area contributed by atoms with Crippen molar-refractivity contribution in [2.24, 2.45) is 5.92 Å². The van der Waals surface area contributed by atoms with Gasteiger partial charge in [-0.15, -0.1) is 0 Å². The number of amides is 3. The van der Waals surface area contributed by atoms with Gasteiger partial charge in [0.2, 0.25) is 11.8 Å². The first-order chi connectivity index (χ1) is 15.7. The number of carbonyl (C=O) groups excluding carboxylic acids is 4. The van der Waals surface area contributed by atoms with Gasteiger partial charge in [0.1, 0.15) is 24.2 Å². The molecule has 0 aliphatic heterocycles. The Balaban J connectivity index is 3.32. The molecule has 190 valence electrons. The molecule has 34 heavy (non-hydrogen) atoms. The lowest BCUT2D eigenvalue weighted by Gasteiger charge is -2.33. The zero-order chi connectivity index (χ0) is 26.2. The highest BCUT2D eigenvalue weighted by atomic mass is 16.6. The van der Waals surface area contributed by atoms with Gasteiger partial charge in [0, 0.05) is 7.05 Å². The summed E-state index contributed by atoms with van der Waals surface area (Å²) in [4.78, 5) is 52.1. The van der Waals surface area contributed by atoms with Gasteiger partial charge in [-0.25, -0.2) is 4.79 Å². The summed E-state index contributed by atoms with van der Waals surface area (Å²) < 4.78 is 9.94. The van der Waals surface area contributed by atoms with E-state index in [1.807, 2.05) is 39.8 Å². The van der Waals surface area contributed by atoms with E-state index in [9.17, 15) is 19.2 Å². The van der Waals surface area contributed by atoms with Crippen molar-refractivity contribution in [3.8, 4) is 0 Å². The summed E-state index contributed by atoms with van der Waals surface area (Å²) >= 11 is 0. The average Bonchev–Trinajstić information content (AvgIpc) is 2.75. The number of methoxy groups -OCH3 is 1. The Hall–Kier alpha value is -3.10. The second kappa shape index (κ2) is 12.4. The molecule has 0 aliphatic rings. The molecule has 0 fully saturated rings. The number of hydrogen-bond acceptors (Lipinski definition) is 6. The molecule has 0 saturated heterocycles. The van der Waals surface area contributed by atoms with E-state index in [0.29, 0.717) is 12.0 Å². The van der Waals surface area contributed by atoms with Crippen LogP contribution in [0.2, 0.25) is 0 Å². The fraction of sp³-hybridized carbons (Fsp3) is 0.600. The zero-order valence-corrected chi connectivity index (χ0v) is 21.8. The molecule has 1 aromatic carbocycles. The fourth-order valence-electron chi connectivity index (χ4n) is 3.28. The third kappa shape index (κ3) is 8.35. The Bertz CT molecular complexity index is 893. The maximum atomic E-state index is 13.6. The lowest BCUT2D eigenvalue weighted by molar-refractivity contribution is -0.144. The second-order valence-electron chi connectivity index (χ2n) is 9.50. The largest absolute Gasteiger partial charge is 0.468 e. The molecule has 0 aromatic heterocycles. The van der Waals surface area contributed by atoms with E-state index in [1.165, 1.54) is 19.1 Å². The summed E-state index contributed by atoms with van der Waals surface area (Å²) in [5.74, 6) is -1.81. The molecule has 9 nitrogen and oxygen atoms in total. The standard InChI is InChI=1S/C25H39N3O6/c1-10-15(2)20(27-24(32)34-25(5,6)7)23(31)28(8)21(22(30)26-14-19(29)33-9)18-12-11-16(3)17(4)13-18/h11-13,15,20-21H,10,14H2,1-9H3,(H,26,30)(H,27,32). The number of carbonyl (C=O) groups is 4. The molecule has 3 amide bonds. The van der Waals surface area contributed by atoms with Gasteiger partial charge >= 0.3 is 12.1 Å². The van der Waals surface area contributed by atoms with Crippen molar-refractivity contribution in [3.63, 3.8) is 0 Å². The molecule has 0 aliphatic carbocycles. The quantitative estimate of drug-likeness (QED) is 0.529. The third-order valence-corrected chi connectivity index (χ3v) is 5.62. The topological polar surface area (TPSA) is 114 Å². The van der Waals surface area contributed by atoms with E-state index < -0.39 is 41.6 Å². The summed E-state index contributed by atoms with van der Waals surface area (Å²) in [7, 11) is 2.73. The van der Waals surface area contributed by atoms with E-state index >= 15 is 0 Å². The Morgan fingerprint density at radius 1 is 1.09 bits per heavy atom. The highest BCUT2D eigenvalue weighted by Gasteiger charge is 2.36. The van der Waals surface area contributed by atoms with Gasteiger partial charge in [0.15, 0.2) is 0 Å². The molecule has 9 heteroatoms. The monoisotopic (exact) mass is 477 g/mol. The lowest BCUT2D eigenvalue weighted by atomic mass is 9.95. The Kier molecular flexibility index (Phi) is 10.5. The first kappa shape index (κ1) is 28.9. The predicted octanol–water partition coefficient (Wildman–Crippen LogP) is 3.03. The number of rotatable bonds is 9. The molecule has 0 saturated carbocycles. The maximum Gasteiger partial charge on any atom is 0.408 e. The molecule has 1 rings (SSSR count). The van der Waals surface area contributed by atoms with Crippen molar-refractivity contribution >= 4 is 23.9 Å². The van der Waals surface area contributed by atoms with Crippen LogP contribution in [0.25, 0.3) is 0 Å². The fourth-order valence-corrected chi connectivity index (χ4v) is 3.28. The van der Waals surface area contributed by atoms with E-state index in [1.54, 1.807) is 26.8 Å². The summed E-state index contributed by atoms with van der Waals surface area (Å²) in [6, 6.07) is 3.54. The van der Waals surface area contributed by atoms with E-state index in [0.717, 1.165) is 11.1 Å². The van der Waals surface area contributed by atoms with Crippen molar-refractivity contribution in [2.75, 3.05) is 20.7 Å². The predicted molar refractivity (Wildman–Crippen MR) is 129 cm³/mol. The Morgan fingerprint density at radius 2 is 1.71 bits per heavy atom. The SMILES string of the molecule is CCC(C)C(NC(=O)OC(C)(C)C)C(=O)N(C)C(C(=O)NCC(=O)OC)c1ccc(C)c(C)c1. The van der Waals surface area contributed by atoms with E-state index in [2.05, 4.69) is 15.4 Å². The van der Waals surface area contributed by atoms with E-state index in [-0.39, 0.29) is 12.5 Å². The van der Waals surface area contributed by atoms with Gasteiger partial charge in [-0.05, 0) is 57.2 Å². The van der Waals surface area contributed by atoms with Gasteiger partial charge in [-0.3, -0.25) is 14.4 Å². The normalized spacial score (nSPS) is 13.8. The van der Waals surface area contributed by atoms with Crippen LogP contribution in [0.1, 0.15) is 63.8 Å². The maximum absolute atomic E-state index is 13.6. The van der Waals surface area contributed by atoms with Crippen molar-refractivity contribution in [3.05, 3.63) is 34.9 Å². The summed E-state index contributed by atoms with van der Waals surface area (Å²) in [6.07, 6.45) is -0.0967. The van der Waals surface area contributed by atoms with Gasteiger partial charge < -0.3 is 25.0 Å². The highest BCUT2D eigenvalue weighted by Crippen LogP contribution is 2.25. The van der Waals surface area contributed by atoms with Gasteiger partial charge in [0.25, 0.3) is 0 Å². The van der Waals surface area contributed by atoms with Crippen LogP contribution in [0, 0.1) is 19.8 Å². The van der Waals surface area contributed by atoms with Crippen LogP contribution in [0.15, 0.2) is 18.2 Å². The molecule has 0 radical (unpaired) electrons. The molecular weight excluding hydrogens is 438 g/mol. The van der Waals surface area contributed by atoms with Gasteiger partial charge in [-0.2, -0.15) is 0 Å². The molecule has 0 heterocycles. The number of benzene rings is 1. The van der Waals surface area contributed by atoms with E-state index in [4.69, 9.17) is 4.74 Å². The summed E-state index contributed by atoms with van der Waals surface area (Å²) in [6.45, 7) is 12.5. The van der Waals surface area contributed by atoms with Gasteiger partial charge in [-0.1, -0.05) is 38.5 Å². The van der Waals surface area contributed by atoms with Crippen molar-refractivity contribution in [1.82, 2.24) is 15.5 Å². The van der Waals surface area contributed by atoms with Crippen LogP contribution in [0.4, 0.5) is 4.79 Å². The zero-order valence-electron chi connectivity index (χ0n) is 21.8. The second-order valence-corrected chi connectivity index (χ2v) is 9.50. The van der Waals surface area contributed by atoms with Crippen molar-refractivity contribution < 1.29 is 28.7 Å². The molecule has 2 N–H and O–H groups in total. The third-order valence-electron chi connectivity index (χ3n) is 5.62. The number of nitrogens with one attached hydrogen (secondary N) is 2. The van der Waals surface area contributed by atoms with Crippen LogP contribution in [-0.4, -0.2) is 61.1 Å². The van der Waals surface area contributed by atoms with Crippen LogP contribution < -0.4 is 10.6 Å². The Labute approximate surface area is 202 Å². The number of esters is 1. The van der Waals surface area contributed by atoms with Gasteiger partial charge in [0.05, 0.1) is 7.11 Å². The van der Waals surface area contributed by atoms with Crippen LogP contribution in [-0.2, 0) is 23.9 Å². The van der Waals surface area contributed by atoms with Crippen LogP contribution in [0.3, 0.4) is 0 Å². The first-order valence-electron chi connectivity index (χ1n) is 11.4. The average molecular weight is 478 g/mol. The van der Waals surface area contributed by atoms with Crippen LogP contribution in [0.5, 0.6) is 0 Å². The van der Waals surface area contributed by atoms with Crippen molar-refractivity contribution in [2.45, 2.75) is 72.6 Å². The molecule has 3 unspecified atom stereocenters. The number of likely N-dealkylation sites (N-methyl/N-ethyl adjacent to an activating group) is 1. The van der Waals surface area contributed by atoms with Crippen molar-refractivity contribution in [1.29, 1.82) is 0 Å². The molecule has 3 atom stereocenters. The lowest BCUT2D eigenvalue weighted by Crippen LogP contribution is -2.54. The number of hydrogen-bond donors (Lipinski definition) is 2. The number of alkyl carbamates (subject to hydrolysis) is 1. The Morgan fingerprint density at radius 3 is 2.21 bits per heavy atom. The molecule has 0 bridgehead atoms. The first-order valence-corrected chi connectivity index (χ1v) is 11.4. The minimum atomic E-state index is -1.02. The highest BCUT2D eigenvalue weighted by molar-refractivity contribution is 5.93. The minimum Gasteiger partial charge on any atom is -0.468 e. The number of ether oxygens (including phenoxy) is 2. The molecule has 1 aromatic rings.